The minimum atomic E-state index is -4.54. The van der Waals surface area contributed by atoms with Crippen LogP contribution in [0.5, 0.6) is 5.75 Å². The van der Waals surface area contributed by atoms with E-state index in [1.165, 1.54) is 25.1 Å². The van der Waals surface area contributed by atoms with Crippen molar-refractivity contribution in [2.24, 2.45) is 0 Å². The molecule has 0 radical (unpaired) electrons. The van der Waals surface area contributed by atoms with Crippen LogP contribution in [0, 0.1) is 0 Å². The summed E-state index contributed by atoms with van der Waals surface area (Å²) in [5.74, 6) is -0.699. The van der Waals surface area contributed by atoms with Gasteiger partial charge in [0.15, 0.2) is 6.10 Å². The van der Waals surface area contributed by atoms with E-state index in [-0.39, 0.29) is 11.7 Å². The fraction of sp³-hybridized carbons (Fsp3) is 0.588. The van der Waals surface area contributed by atoms with Crippen molar-refractivity contribution in [2.45, 2.75) is 31.2 Å². The number of alkyl halides is 3. The molecule has 1 aromatic carbocycles. The summed E-state index contributed by atoms with van der Waals surface area (Å²) >= 11 is 0. The maximum atomic E-state index is 13.0. The molecular weight excluding hydrogens is 339 g/mol. The number of halogens is 3. The van der Waals surface area contributed by atoms with Crippen molar-refractivity contribution in [2.75, 3.05) is 32.9 Å². The molecular formula is C17H20F3NO4. The van der Waals surface area contributed by atoms with E-state index in [1.54, 1.807) is 4.90 Å². The Balaban J connectivity index is 1.69. The Bertz CT molecular complexity index is 629. The molecule has 2 aliphatic heterocycles. The third kappa shape index (κ3) is 3.90. The molecule has 5 nitrogen and oxygen atoms in total. The number of ether oxygens (including phenoxy) is 3. The van der Waals surface area contributed by atoms with Gasteiger partial charge >= 0.3 is 6.18 Å². The Morgan fingerprint density at radius 3 is 2.76 bits per heavy atom. The van der Waals surface area contributed by atoms with Crippen molar-refractivity contribution in [3.8, 4) is 5.75 Å². The number of benzene rings is 1. The van der Waals surface area contributed by atoms with Crippen LogP contribution in [0.15, 0.2) is 24.3 Å². The monoisotopic (exact) mass is 359 g/mol. The number of carbonyl (C=O) groups excluding carboxylic acids is 1. The molecule has 138 valence electrons. The molecule has 0 aromatic heterocycles. The molecule has 0 bridgehead atoms. The number of hydrogen-bond acceptors (Lipinski definition) is 4. The second kappa shape index (κ2) is 6.84. The first-order valence-electron chi connectivity index (χ1n) is 8.14. The summed E-state index contributed by atoms with van der Waals surface area (Å²) in [6.07, 6.45) is -4.87. The normalized spacial score (nSPS) is 25.2. The van der Waals surface area contributed by atoms with Crippen LogP contribution >= 0.6 is 0 Å². The molecule has 0 N–H and O–H groups in total. The first-order chi connectivity index (χ1) is 11.8. The smallest absolute Gasteiger partial charge is 0.419 e. The van der Waals surface area contributed by atoms with Gasteiger partial charge in [0.05, 0.1) is 25.3 Å². The summed E-state index contributed by atoms with van der Waals surface area (Å²) in [7, 11) is 0. The van der Waals surface area contributed by atoms with E-state index >= 15 is 0 Å². The zero-order valence-electron chi connectivity index (χ0n) is 13.8. The Hall–Kier alpha value is -1.80. The number of para-hydroxylation sites is 1. The van der Waals surface area contributed by atoms with Crippen molar-refractivity contribution < 1.29 is 32.2 Å². The fourth-order valence-electron chi connectivity index (χ4n) is 3.16. The standard InChI is InChI=1S/C17H20F3NO4/c1-12(25-14-5-3-2-4-13(14)17(18,19)20)15(22)21-7-9-24-16(10-21)6-8-23-11-16/h2-5,12H,6-11H2,1H3. The summed E-state index contributed by atoms with van der Waals surface area (Å²) in [6.45, 7) is 3.58. The fourth-order valence-corrected chi connectivity index (χ4v) is 3.16. The van der Waals surface area contributed by atoms with Gasteiger partial charge in [-0.25, -0.2) is 0 Å². The topological polar surface area (TPSA) is 48.0 Å². The number of rotatable bonds is 3. The van der Waals surface area contributed by atoms with E-state index in [9.17, 15) is 18.0 Å². The Morgan fingerprint density at radius 1 is 1.32 bits per heavy atom. The van der Waals surface area contributed by atoms with E-state index in [0.29, 0.717) is 39.3 Å². The van der Waals surface area contributed by atoms with Gasteiger partial charge in [0.2, 0.25) is 0 Å². The van der Waals surface area contributed by atoms with Gasteiger partial charge in [-0.05, 0) is 19.1 Å². The molecule has 0 aliphatic carbocycles. The highest BCUT2D eigenvalue weighted by Crippen LogP contribution is 2.36. The van der Waals surface area contributed by atoms with Crippen molar-refractivity contribution in [1.29, 1.82) is 0 Å². The third-order valence-electron chi connectivity index (χ3n) is 4.47. The first kappa shape index (κ1) is 18.0. The molecule has 2 heterocycles. The van der Waals surface area contributed by atoms with E-state index in [0.717, 1.165) is 6.07 Å². The van der Waals surface area contributed by atoms with Gasteiger partial charge in [-0.1, -0.05) is 12.1 Å². The number of carbonyl (C=O) groups is 1. The maximum Gasteiger partial charge on any atom is 0.419 e. The molecule has 3 rings (SSSR count). The second-order valence-electron chi connectivity index (χ2n) is 6.35. The summed E-state index contributed by atoms with van der Waals surface area (Å²) in [6, 6.07) is 4.89. The number of nitrogens with zero attached hydrogens (tertiary/aromatic N) is 1. The predicted octanol–water partition coefficient (Wildman–Crippen LogP) is 2.49. The van der Waals surface area contributed by atoms with Crippen molar-refractivity contribution in [3.63, 3.8) is 0 Å². The molecule has 1 aromatic rings. The average Bonchev–Trinajstić information content (AvgIpc) is 3.01. The Kier molecular flexibility index (Phi) is 4.92. The van der Waals surface area contributed by atoms with E-state index < -0.39 is 23.4 Å². The summed E-state index contributed by atoms with van der Waals surface area (Å²) in [5, 5.41) is 0. The zero-order valence-corrected chi connectivity index (χ0v) is 13.8. The predicted molar refractivity (Wildman–Crippen MR) is 82.2 cm³/mol. The van der Waals surface area contributed by atoms with Crippen LogP contribution in [-0.4, -0.2) is 55.4 Å². The molecule has 2 unspecified atom stereocenters. The van der Waals surface area contributed by atoms with Crippen LogP contribution in [0.1, 0.15) is 18.9 Å². The number of morpholine rings is 1. The van der Waals surface area contributed by atoms with Crippen molar-refractivity contribution in [1.82, 2.24) is 4.90 Å². The molecule has 2 aliphatic rings. The molecule has 8 heteroatoms. The lowest BCUT2D eigenvalue weighted by molar-refractivity contribution is -0.157. The highest BCUT2D eigenvalue weighted by molar-refractivity contribution is 5.81. The van der Waals surface area contributed by atoms with Crippen LogP contribution in [0.3, 0.4) is 0 Å². The van der Waals surface area contributed by atoms with E-state index in [1.807, 2.05) is 0 Å². The minimum Gasteiger partial charge on any atom is -0.480 e. The first-order valence-corrected chi connectivity index (χ1v) is 8.14. The highest BCUT2D eigenvalue weighted by Gasteiger charge is 2.43. The quantitative estimate of drug-likeness (QED) is 0.832. The van der Waals surface area contributed by atoms with Gasteiger partial charge < -0.3 is 19.1 Å². The lowest BCUT2D eigenvalue weighted by atomic mass is 10.0. The molecule has 0 saturated carbocycles. The molecule has 2 saturated heterocycles. The van der Waals surface area contributed by atoms with Gasteiger partial charge in [-0.2, -0.15) is 13.2 Å². The maximum absolute atomic E-state index is 13.0. The summed E-state index contributed by atoms with van der Waals surface area (Å²) in [4.78, 5) is 14.2. The van der Waals surface area contributed by atoms with Crippen LogP contribution in [0.25, 0.3) is 0 Å². The molecule has 25 heavy (non-hydrogen) atoms. The molecule has 1 amide bonds. The lowest BCUT2D eigenvalue weighted by Crippen LogP contribution is -2.56. The van der Waals surface area contributed by atoms with Gasteiger partial charge in [0.1, 0.15) is 11.4 Å². The van der Waals surface area contributed by atoms with Crippen LogP contribution in [0.2, 0.25) is 0 Å². The summed E-state index contributed by atoms with van der Waals surface area (Å²) in [5.41, 5.74) is -1.39. The van der Waals surface area contributed by atoms with Gasteiger partial charge in [0, 0.05) is 19.6 Å². The van der Waals surface area contributed by atoms with Gasteiger partial charge in [0.25, 0.3) is 5.91 Å². The van der Waals surface area contributed by atoms with Crippen LogP contribution < -0.4 is 4.74 Å². The highest BCUT2D eigenvalue weighted by atomic mass is 19.4. The van der Waals surface area contributed by atoms with Crippen LogP contribution in [0.4, 0.5) is 13.2 Å². The zero-order chi connectivity index (χ0) is 18.1. The molecule has 2 fully saturated rings. The third-order valence-corrected chi connectivity index (χ3v) is 4.47. The largest absolute Gasteiger partial charge is 0.480 e. The number of hydrogen-bond donors (Lipinski definition) is 0. The van der Waals surface area contributed by atoms with Crippen LogP contribution in [-0.2, 0) is 20.4 Å². The lowest BCUT2D eigenvalue weighted by Gasteiger charge is -2.40. The summed E-state index contributed by atoms with van der Waals surface area (Å²) < 4.78 is 55.6. The minimum absolute atomic E-state index is 0.344. The van der Waals surface area contributed by atoms with Crippen molar-refractivity contribution >= 4 is 5.91 Å². The van der Waals surface area contributed by atoms with Gasteiger partial charge in [-0.3, -0.25) is 4.79 Å². The van der Waals surface area contributed by atoms with E-state index in [4.69, 9.17) is 14.2 Å². The average molecular weight is 359 g/mol. The Morgan fingerprint density at radius 2 is 2.08 bits per heavy atom. The molecule has 1 spiro atoms. The van der Waals surface area contributed by atoms with Gasteiger partial charge in [-0.15, -0.1) is 0 Å². The second-order valence-corrected chi connectivity index (χ2v) is 6.35. The molecule has 2 atom stereocenters. The Labute approximate surface area is 143 Å². The van der Waals surface area contributed by atoms with Crippen molar-refractivity contribution in [3.05, 3.63) is 29.8 Å². The number of amides is 1. The van der Waals surface area contributed by atoms with E-state index in [2.05, 4.69) is 0 Å². The SMILES string of the molecule is CC(Oc1ccccc1C(F)(F)F)C(=O)N1CCOC2(CCOC2)C1.